The summed E-state index contributed by atoms with van der Waals surface area (Å²) in [5.41, 5.74) is -0.703. The van der Waals surface area contributed by atoms with E-state index in [9.17, 15) is 13.6 Å². The number of aromatic nitrogens is 3. The van der Waals surface area contributed by atoms with Gasteiger partial charge in [-0.1, -0.05) is 30.3 Å². The van der Waals surface area contributed by atoms with Crippen LogP contribution in [0.5, 0.6) is 6.01 Å². The van der Waals surface area contributed by atoms with E-state index in [4.69, 9.17) is 14.5 Å². The first-order chi connectivity index (χ1) is 24.2. The van der Waals surface area contributed by atoms with Crippen molar-refractivity contribution in [3.05, 3.63) is 66.1 Å². The molecule has 0 spiro atoms. The number of halogens is 4. The molecule has 262 valence electrons. The van der Waals surface area contributed by atoms with E-state index in [1.807, 2.05) is 18.0 Å². The van der Waals surface area contributed by atoms with Gasteiger partial charge < -0.3 is 19.3 Å². The second-order valence-corrected chi connectivity index (χ2v) is 13.9. The van der Waals surface area contributed by atoms with E-state index in [1.165, 1.54) is 18.3 Å². The lowest BCUT2D eigenvalue weighted by Gasteiger charge is -2.31. The van der Waals surface area contributed by atoms with Gasteiger partial charge in [0.2, 0.25) is 5.91 Å². The Hall–Kier alpha value is -4.36. The highest BCUT2D eigenvalue weighted by atomic mass is 19.2. The van der Waals surface area contributed by atoms with Gasteiger partial charge in [0.15, 0.2) is 17.5 Å². The van der Waals surface area contributed by atoms with Crippen LogP contribution in [0.2, 0.25) is 0 Å². The molecule has 8 rings (SSSR count). The SMILES string of the molecule is CN(c1nc(OC[C@@]23CCCN2C[C@H](F)C3)nc2c(F)c(-c3cccc4ccc(F)c(F)c34)ncc12)[C@@H]1CCN(C(=O)/C=C/C2CCCO2)C1. The van der Waals surface area contributed by atoms with Crippen LogP contribution in [-0.2, 0) is 9.53 Å². The third kappa shape index (κ3) is 5.83. The van der Waals surface area contributed by atoms with Crippen LogP contribution in [0.15, 0.2) is 48.7 Å². The van der Waals surface area contributed by atoms with Crippen molar-refractivity contribution in [2.24, 2.45) is 0 Å². The van der Waals surface area contributed by atoms with Gasteiger partial charge in [-0.05, 0) is 50.1 Å². The van der Waals surface area contributed by atoms with E-state index in [-0.39, 0.29) is 52.8 Å². The van der Waals surface area contributed by atoms with Crippen molar-refractivity contribution in [2.45, 2.75) is 62.4 Å². The van der Waals surface area contributed by atoms with Gasteiger partial charge >= 0.3 is 6.01 Å². The molecule has 13 heteroatoms. The Morgan fingerprint density at radius 1 is 1.10 bits per heavy atom. The number of ether oxygens (including phenoxy) is 2. The first-order valence-corrected chi connectivity index (χ1v) is 17.3. The van der Waals surface area contributed by atoms with Crippen molar-refractivity contribution in [2.75, 3.05) is 51.3 Å². The summed E-state index contributed by atoms with van der Waals surface area (Å²) in [7, 11) is 1.82. The molecular formula is C37H38F4N6O3. The number of hydrogen-bond acceptors (Lipinski definition) is 8. The van der Waals surface area contributed by atoms with Gasteiger partial charge in [0.25, 0.3) is 0 Å². The van der Waals surface area contributed by atoms with E-state index < -0.39 is 29.2 Å². The van der Waals surface area contributed by atoms with Crippen LogP contribution in [0, 0.1) is 17.5 Å². The smallest absolute Gasteiger partial charge is 0.319 e. The first kappa shape index (κ1) is 32.8. The number of carbonyl (C=O) groups is 1. The van der Waals surface area contributed by atoms with Crippen molar-refractivity contribution in [1.29, 1.82) is 0 Å². The molecule has 4 aliphatic rings. The number of likely N-dealkylation sites (N-methyl/N-ethyl adjacent to an activating group) is 1. The van der Waals surface area contributed by atoms with Gasteiger partial charge in [0.05, 0.1) is 17.0 Å². The second kappa shape index (κ2) is 13.1. The number of anilines is 1. The van der Waals surface area contributed by atoms with Crippen LogP contribution < -0.4 is 9.64 Å². The fourth-order valence-electron chi connectivity index (χ4n) is 8.18. The Bertz CT molecular complexity index is 1990. The molecule has 50 heavy (non-hydrogen) atoms. The highest BCUT2D eigenvalue weighted by Gasteiger charge is 2.49. The van der Waals surface area contributed by atoms with Crippen LogP contribution >= 0.6 is 0 Å². The molecule has 1 amide bonds. The number of hydrogen-bond donors (Lipinski definition) is 0. The molecule has 2 aromatic carbocycles. The van der Waals surface area contributed by atoms with Crippen molar-refractivity contribution in [3.63, 3.8) is 0 Å². The predicted octanol–water partition coefficient (Wildman–Crippen LogP) is 5.99. The Kier molecular flexibility index (Phi) is 8.58. The lowest BCUT2D eigenvalue weighted by Crippen LogP contribution is -2.43. The number of likely N-dealkylation sites (tertiary alicyclic amines) is 1. The monoisotopic (exact) mass is 690 g/mol. The average molecular weight is 691 g/mol. The molecule has 6 heterocycles. The van der Waals surface area contributed by atoms with Crippen LogP contribution in [0.25, 0.3) is 32.9 Å². The number of benzene rings is 2. The van der Waals surface area contributed by atoms with Crippen LogP contribution in [0.4, 0.5) is 23.4 Å². The van der Waals surface area contributed by atoms with E-state index in [2.05, 4.69) is 14.9 Å². The van der Waals surface area contributed by atoms with Crippen LogP contribution in [-0.4, -0.2) is 101 Å². The summed E-state index contributed by atoms with van der Waals surface area (Å²) in [6.45, 7) is 2.90. The molecule has 0 bridgehead atoms. The Morgan fingerprint density at radius 2 is 1.98 bits per heavy atom. The number of pyridine rings is 1. The van der Waals surface area contributed by atoms with Gasteiger partial charge in [0.1, 0.15) is 29.8 Å². The zero-order chi connectivity index (χ0) is 34.6. The van der Waals surface area contributed by atoms with Crippen LogP contribution in [0.1, 0.15) is 38.5 Å². The Balaban J connectivity index is 1.16. The van der Waals surface area contributed by atoms with Crippen molar-refractivity contribution in [3.8, 4) is 17.3 Å². The van der Waals surface area contributed by atoms with Crippen molar-refractivity contribution >= 4 is 33.4 Å². The fraction of sp³-hybridized carbons (Fsp3) is 0.459. The molecule has 4 fully saturated rings. The summed E-state index contributed by atoms with van der Waals surface area (Å²) in [4.78, 5) is 32.5. The molecule has 0 saturated carbocycles. The molecule has 9 nitrogen and oxygen atoms in total. The number of nitrogens with zero attached hydrogens (tertiary/aromatic N) is 6. The number of fused-ring (bicyclic) bond motifs is 3. The second-order valence-electron chi connectivity index (χ2n) is 13.9. The van der Waals surface area contributed by atoms with Crippen molar-refractivity contribution in [1.82, 2.24) is 24.8 Å². The summed E-state index contributed by atoms with van der Waals surface area (Å²) in [6.07, 6.45) is 8.37. The van der Waals surface area contributed by atoms with E-state index >= 15 is 8.78 Å². The zero-order valence-corrected chi connectivity index (χ0v) is 27.8. The molecule has 4 saturated heterocycles. The largest absolute Gasteiger partial charge is 0.461 e. The van der Waals surface area contributed by atoms with E-state index in [0.29, 0.717) is 55.7 Å². The molecule has 4 aromatic rings. The molecular weight excluding hydrogens is 652 g/mol. The number of amides is 1. The van der Waals surface area contributed by atoms with Gasteiger partial charge in [-0.2, -0.15) is 9.97 Å². The summed E-state index contributed by atoms with van der Waals surface area (Å²) < 4.78 is 72.6. The molecule has 0 aliphatic carbocycles. The van der Waals surface area contributed by atoms with Crippen molar-refractivity contribution < 1.29 is 31.8 Å². The Morgan fingerprint density at radius 3 is 2.82 bits per heavy atom. The third-order valence-corrected chi connectivity index (χ3v) is 10.8. The molecule has 1 unspecified atom stereocenters. The molecule has 4 aliphatic heterocycles. The summed E-state index contributed by atoms with van der Waals surface area (Å²) in [6, 6.07) is 6.96. The number of rotatable bonds is 8. The molecule has 0 N–H and O–H groups in total. The first-order valence-electron chi connectivity index (χ1n) is 17.3. The average Bonchev–Trinajstić information content (AvgIpc) is 3.93. The zero-order valence-electron chi connectivity index (χ0n) is 27.8. The van der Waals surface area contributed by atoms with Gasteiger partial charge in [0, 0.05) is 69.0 Å². The van der Waals surface area contributed by atoms with Gasteiger partial charge in [-0.25, -0.2) is 17.6 Å². The van der Waals surface area contributed by atoms with Crippen LogP contribution in [0.3, 0.4) is 0 Å². The molecule has 2 aromatic heterocycles. The maximum atomic E-state index is 16.7. The minimum atomic E-state index is -1.10. The lowest BCUT2D eigenvalue weighted by molar-refractivity contribution is -0.125. The van der Waals surface area contributed by atoms with Gasteiger partial charge in [-0.15, -0.1) is 0 Å². The third-order valence-electron chi connectivity index (χ3n) is 10.8. The lowest BCUT2D eigenvalue weighted by atomic mass is 9.95. The number of alkyl halides is 1. The normalized spacial score (nSPS) is 25.4. The predicted molar refractivity (Wildman–Crippen MR) is 180 cm³/mol. The summed E-state index contributed by atoms with van der Waals surface area (Å²) >= 11 is 0. The standard InChI is InChI=1S/C37H38F4N6O3/c1-45(24-12-15-46(20-24)29(48)11-9-25-6-3-16-49-25)35-27-18-42-33(26-7-2-5-22-8-10-28(39)31(40)30(22)26)32(41)34(27)43-36(44-35)50-21-37-13-4-14-47(37)19-23(38)17-37/h2,5,7-11,18,23-25H,3-4,6,12-17,19-21H2,1H3/b11-9+/t23-,24-,25?,37+/m1/s1. The topological polar surface area (TPSA) is 83.9 Å². The minimum Gasteiger partial charge on any atom is -0.461 e. The maximum Gasteiger partial charge on any atom is 0.319 e. The summed E-state index contributed by atoms with van der Waals surface area (Å²) in [5, 5.41) is 0.595. The van der Waals surface area contributed by atoms with E-state index in [1.54, 1.807) is 23.1 Å². The van der Waals surface area contributed by atoms with Gasteiger partial charge in [-0.3, -0.25) is 14.7 Å². The Labute approximate surface area is 286 Å². The highest BCUT2D eigenvalue weighted by Crippen LogP contribution is 2.41. The highest BCUT2D eigenvalue weighted by molar-refractivity contribution is 5.99. The minimum absolute atomic E-state index is 0.0432. The van der Waals surface area contributed by atoms with E-state index in [0.717, 1.165) is 38.3 Å². The quantitative estimate of drug-likeness (QED) is 0.165. The fourth-order valence-corrected chi connectivity index (χ4v) is 8.18. The number of carbonyl (C=O) groups excluding carboxylic acids is 1. The summed E-state index contributed by atoms with van der Waals surface area (Å²) in [5.74, 6) is -2.74. The molecule has 0 radical (unpaired) electrons. The molecule has 4 atom stereocenters. The maximum absolute atomic E-state index is 16.7.